The first-order chi connectivity index (χ1) is 11.1. The monoisotopic (exact) mass is 328 g/mol. The van der Waals surface area contributed by atoms with Gasteiger partial charge in [0.15, 0.2) is 0 Å². The van der Waals surface area contributed by atoms with E-state index in [1.54, 1.807) is 0 Å². The van der Waals surface area contributed by atoms with Gasteiger partial charge < -0.3 is 9.47 Å². The van der Waals surface area contributed by atoms with Crippen LogP contribution in [0.4, 0.5) is 0 Å². The highest BCUT2D eigenvalue weighted by molar-refractivity contribution is 5.70. The standard InChI is InChI=1S/C19H36O4/c1-4-7-10-13-17(23-19(21)15-12-9-6-3)16-22-18(20)14-11-8-5-2/h17H,4-16H2,1-3H3. The second kappa shape index (κ2) is 15.8. The van der Waals surface area contributed by atoms with Gasteiger partial charge in [-0.25, -0.2) is 0 Å². The fourth-order valence-electron chi connectivity index (χ4n) is 2.34. The van der Waals surface area contributed by atoms with Crippen molar-refractivity contribution in [1.29, 1.82) is 0 Å². The van der Waals surface area contributed by atoms with E-state index in [1.807, 2.05) is 0 Å². The summed E-state index contributed by atoms with van der Waals surface area (Å²) in [6.45, 7) is 6.55. The van der Waals surface area contributed by atoms with Crippen LogP contribution in [0.2, 0.25) is 0 Å². The molecule has 0 aromatic heterocycles. The Kier molecular flexibility index (Phi) is 15.1. The third-order valence-corrected chi connectivity index (χ3v) is 3.83. The largest absolute Gasteiger partial charge is 0.462 e. The van der Waals surface area contributed by atoms with Crippen LogP contribution in [0, 0.1) is 0 Å². The second-order valence-corrected chi connectivity index (χ2v) is 6.20. The minimum absolute atomic E-state index is 0.165. The third kappa shape index (κ3) is 14.3. The molecule has 0 saturated carbocycles. The Morgan fingerprint density at radius 2 is 1.26 bits per heavy atom. The van der Waals surface area contributed by atoms with E-state index in [0.29, 0.717) is 12.8 Å². The number of hydrogen-bond acceptors (Lipinski definition) is 4. The minimum atomic E-state index is -0.286. The summed E-state index contributed by atoms with van der Waals surface area (Å²) in [5.74, 6) is -0.344. The predicted molar refractivity (Wildman–Crippen MR) is 93.3 cm³/mol. The van der Waals surface area contributed by atoms with Crippen LogP contribution in [0.1, 0.15) is 97.8 Å². The Morgan fingerprint density at radius 1 is 0.739 bits per heavy atom. The lowest BCUT2D eigenvalue weighted by molar-refractivity contribution is -0.159. The molecular formula is C19H36O4. The summed E-state index contributed by atoms with van der Waals surface area (Å²) < 4.78 is 10.8. The van der Waals surface area contributed by atoms with Crippen LogP contribution in [-0.4, -0.2) is 24.6 Å². The Labute approximate surface area is 142 Å². The van der Waals surface area contributed by atoms with Crippen LogP contribution in [0.25, 0.3) is 0 Å². The van der Waals surface area contributed by atoms with Crippen molar-refractivity contribution >= 4 is 11.9 Å². The van der Waals surface area contributed by atoms with Gasteiger partial charge in [0.25, 0.3) is 0 Å². The molecule has 0 N–H and O–H groups in total. The van der Waals surface area contributed by atoms with Gasteiger partial charge in [-0.2, -0.15) is 0 Å². The predicted octanol–water partition coefficient (Wildman–Crippen LogP) is 5.18. The van der Waals surface area contributed by atoms with E-state index in [4.69, 9.17) is 9.47 Å². The normalized spacial score (nSPS) is 12.0. The lowest BCUT2D eigenvalue weighted by Gasteiger charge is -2.18. The highest BCUT2D eigenvalue weighted by Gasteiger charge is 2.16. The van der Waals surface area contributed by atoms with E-state index in [9.17, 15) is 9.59 Å². The summed E-state index contributed by atoms with van der Waals surface area (Å²) in [6, 6.07) is 0. The van der Waals surface area contributed by atoms with E-state index in [0.717, 1.165) is 64.2 Å². The van der Waals surface area contributed by atoms with E-state index < -0.39 is 0 Å². The van der Waals surface area contributed by atoms with Gasteiger partial charge in [-0.3, -0.25) is 9.59 Å². The van der Waals surface area contributed by atoms with Crippen LogP contribution in [0.5, 0.6) is 0 Å². The first-order valence-corrected chi connectivity index (χ1v) is 9.49. The van der Waals surface area contributed by atoms with Crippen LogP contribution in [0.15, 0.2) is 0 Å². The lowest BCUT2D eigenvalue weighted by atomic mass is 10.1. The molecule has 23 heavy (non-hydrogen) atoms. The Morgan fingerprint density at radius 3 is 1.83 bits per heavy atom. The molecule has 0 bridgehead atoms. The average Bonchev–Trinajstić information content (AvgIpc) is 2.53. The first-order valence-electron chi connectivity index (χ1n) is 9.49. The van der Waals surface area contributed by atoms with Gasteiger partial charge in [0.1, 0.15) is 12.7 Å². The maximum Gasteiger partial charge on any atom is 0.306 e. The third-order valence-electron chi connectivity index (χ3n) is 3.83. The molecule has 0 aromatic rings. The number of hydrogen-bond donors (Lipinski definition) is 0. The van der Waals surface area contributed by atoms with Crippen LogP contribution in [-0.2, 0) is 19.1 Å². The van der Waals surface area contributed by atoms with Gasteiger partial charge in [0.2, 0.25) is 0 Å². The van der Waals surface area contributed by atoms with E-state index in [2.05, 4.69) is 20.8 Å². The zero-order valence-electron chi connectivity index (χ0n) is 15.4. The quantitative estimate of drug-likeness (QED) is 0.307. The summed E-state index contributed by atoms with van der Waals surface area (Å²) >= 11 is 0. The highest BCUT2D eigenvalue weighted by Crippen LogP contribution is 2.11. The van der Waals surface area contributed by atoms with Crippen molar-refractivity contribution in [3.05, 3.63) is 0 Å². The van der Waals surface area contributed by atoms with Gasteiger partial charge in [-0.1, -0.05) is 59.3 Å². The van der Waals surface area contributed by atoms with Crippen molar-refractivity contribution in [3.8, 4) is 0 Å². The van der Waals surface area contributed by atoms with Gasteiger partial charge in [0.05, 0.1) is 0 Å². The molecule has 0 aliphatic heterocycles. The summed E-state index contributed by atoms with van der Waals surface area (Å²) in [5.41, 5.74) is 0. The molecule has 1 unspecified atom stereocenters. The summed E-state index contributed by atoms with van der Waals surface area (Å²) in [7, 11) is 0. The Hall–Kier alpha value is -1.06. The summed E-state index contributed by atoms with van der Waals surface area (Å²) in [5, 5.41) is 0. The zero-order valence-corrected chi connectivity index (χ0v) is 15.4. The van der Waals surface area contributed by atoms with Gasteiger partial charge in [0, 0.05) is 12.8 Å². The maximum absolute atomic E-state index is 11.9. The Bertz CT molecular complexity index is 302. The lowest BCUT2D eigenvalue weighted by Crippen LogP contribution is -2.25. The highest BCUT2D eigenvalue weighted by atomic mass is 16.6. The molecule has 4 nitrogen and oxygen atoms in total. The van der Waals surface area contributed by atoms with Crippen molar-refractivity contribution in [3.63, 3.8) is 0 Å². The number of ether oxygens (including phenoxy) is 2. The van der Waals surface area contributed by atoms with Crippen molar-refractivity contribution < 1.29 is 19.1 Å². The first kappa shape index (κ1) is 21.9. The molecule has 0 heterocycles. The molecule has 0 fully saturated rings. The van der Waals surface area contributed by atoms with Crippen LogP contribution in [0.3, 0.4) is 0 Å². The van der Waals surface area contributed by atoms with E-state index in [-0.39, 0.29) is 24.6 Å². The zero-order chi connectivity index (χ0) is 17.3. The summed E-state index contributed by atoms with van der Waals surface area (Å²) in [6.07, 6.45) is 10.6. The number of esters is 2. The maximum atomic E-state index is 11.9. The van der Waals surface area contributed by atoms with Gasteiger partial charge in [-0.05, 0) is 25.7 Å². The van der Waals surface area contributed by atoms with E-state index in [1.165, 1.54) is 0 Å². The molecule has 136 valence electrons. The number of rotatable bonds is 15. The number of carbonyl (C=O) groups is 2. The molecule has 0 saturated heterocycles. The fourth-order valence-corrected chi connectivity index (χ4v) is 2.34. The Balaban J connectivity index is 4.11. The molecule has 0 aromatic carbocycles. The van der Waals surface area contributed by atoms with Crippen LogP contribution >= 0.6 is 0 Å². The van der Waals surface area contributed by atoms with Crippen molar-refractivity contribution in [2.45, 2.75) is 104 Å². The minimum Gasteiger partial charge on any atom is -0.462 e. The number of unbranched alkanes of at least 4 members (excludes halogenated alkanes) is 6. The van der Waals surface area contributed by atoms with Crippen molar-refractivity contribution in [1.82, 2.24) is 0 Å². The topological polar surface area (TPSA) is 52.6 Å². The smallest absolute Gasteiger partial charge is 0.306 e. The van der Waals surface area contributed by atoms with Gasteiger partial charge >= 0.3 is 11.9 Å². The second-order valence-electron chi connectivity index (χ2n) is 6.20. The molecule has 0 spiro atoms. The molecule has 0 radical (unpaired) electrons. The molecule has 0 aliphatic rings. The number of carbonyl (C=O) groups excluding carboxylic acids is 2. The van der Waals surface area contributed by atoms with Gasteiger partial charge in [-0.15, -0.1) is 0 Å². The fraction of sp³-hybridized carbons (Fsp3) is 0.895. The van der Waals surface area contributed by atoms with E-state index >= 15 is 0 Å². The molecule has 0 amide bonds. The molecule has 4 heteroatoms. The SMILES string of the molecule is CCCCCC(=O)OCC(CCCCC)OC(=O)CCCCC. The summed E-state index contributed by atoms with van der Waals surface area (Å²) in [4.78, 5) is 23.5. The van der Waals surface area contributed by atoms with Crippen molar-refractivity contribution in [2.24, 2.45) is 0 Å². The average molecular weight is 328 g/mol. The molecular weight excluding hydrogens is 292 g/mol. The molecule has 0 aliphatic carbocycles. The molecule has 1 atom stereocenters. The molecule has 0 rings (SSSR count). The van der Waals surface area contributed by atoms with Crippen molar-refractivity contribution in [2.75, 3.05) is 6.61 Å². The van der Waals surface area contributed by atoms with Crippen LogP contribution < -0.4 is 0 Å².